The fourth-order valence-corrected chi connectivity index (χ4v) is 0.826. The smallest absolute Gasteiger partial charge is 0.210 e. The maximum atomic E-state index is 10.3. The number of carbonyl (C=O) groups excluding carboxylic acids is 1. The van der Waals surface area contributed by atoms with Crippen molar-refractivity contribution in [2.45, 2.75) is 13.5 Å². The van der Waals surface area contributed by atoms with Gasteiger partial charge < -0.3 is 9.32 Å². The molecule has 1 heterocycles. The quantitative estimate of drug-likeness (QED) is 0.610. The fourth-order valence-electron chi connectivity index (χ4n) is 0.826. The van der Waals surface area contributed by atoms with Crippen LogP contribution in [0.3, 0.4) is 0 Å². The Hall–Kier alpha value is -1.25. The number of furan rings is 1. The standard InChI is InChI=1S/C8H11NO2/c1-2-9(7-10)6-8-4-3-5-11-8/h3-5,7H,2,6H2,1H3. The van der Waals surface area contributed by atoms with Crippen molar-refractivity contribution in [3.8, 4) is 0 Å². The van der Waals surface area contributed by atoms with Gasteiger partial charge in [-0.15, -0.1) is 0 Å². The number of nitrogens with zero attached hydrogens (tertiary/aromatic N) is 1. The molecule has 0 aromatic carbocycles. The molecule has 1 amide bonds. The summed E-state index contributed by atoms with van der Waals surface area (Å²) in [5.41, 5.74) is 0. The minimum Gasteiger partial charge on any atom is -0.467 e. The number of carbonyl (C=O) groups is 1. The van der Waals surface area contributed by atoms with Crippen LogP contribution >= 0.6 is 0 Å². The molecule has 0 fully saturated rings. The zero-order chi connectivity index (χ0) is 8.10. The molecular weight excluding hydrogens is 142 g/mol. The molecule has 1 aromatic rings. The Morgan fingerprint density at radius 1 is 1.73 bits per heavy atom. The van der Waals surface area contributed by atoms with E-state index >= 15 is 0 Å². The molecule has 0 atom stereocenters. The van der Waals surface area contributed by atoms with E-state index in [-0.39, 0.29) is 0 Å². The van der Waals surface area contributed by atoms with Gasteiger partial charge in [-0.05, 0) is 19.1 Å². The molecule has 0 radical (unpaired) electrons. The van der Waals surface area contributed by atoms with Gasteiger partial charge in [0.05, 0.1) is 12.8 Å². The average Bonchev–Trinajstić information content (AvgIpc) is 2.52. The zero-order valence-corrected chi connectivity index (χ0v) is 6.49. The third kappa shape index (κ3) is 2.11. The molecule has 0 aliphatic heterocycles. The monoisotopic (exact) mass is 153 g/mol. The summed E-state index contributed by atoms with van der Waals surface area (Å²) in [7, 11) is 0. The number of rotatable bonds is 4. The van der Waals surface area contributed by atoms with Gasteiger partial charge in [-0.2, -0.15) is 0 Å². The van der Waals surface area contributed by atoms with Gasteiger partial charge in [0.1, 0.15) is 5.76 Å². The second-order valence-corrected chi connectivity index (χ2v) is 2.25. The van der Waals surface area contributed by atoms with Gasteiger partial charge in [0.15, 0.2) is 0 Å². The van der Waals surface area contributed by atoms with E-state index in [0.717, 1.165) is 12.2 Å². The Labute approximate surface area is 65.6 Å². The first-order valence-electron chi connectivity index (χ1n) is 3.58. The Balaban J connectivity index is 2.47. The summed E-state index contributed by atoms with van der Waals surface area (Å²) in [6.45, 7) is 3.20. The molecule has 0 spiro atoms. The summed E-state index contributed by atoms with van der Waals surface area (Å²) < 4.78 is 5.07. The van der Waals surface area contributed by atoms with Gasteiger partial charge in [-0.1, -0.05) is 0 Å². The SMILES string of the molecule is CCN(C=O)Cc1ccco1. The van der Waals surface area contributed by atoms with Crippen molar-refractivity contribution in [3.63, 3.8) is 0 Å². The molecule has 0 saturated carbocycles. The predicted octanol–water partition coefficient (Wildman–Crippen LogP) is 1.26. The van der Waals surface area contributed by atoms with E-state index in [2.05, 4.69) is 0 Å². The van der Waals surface area contributed by atoms with Crippen LogP contribution in [0.15, 0.2) is 22.8 Å². The largest absolute Gasteiger partial charge is 0.467 e. The van der Waals surface area contributed by atoms with Crippen LogP contribution in [0.4, 0.5) is 0 Å². The van der Waals surface area contributed by atoms with Crippen molar-refractivity contribution in [2.24, 2.45) is 0 Å². The van der Waals surface area contributed by atoms with E-state index in [1.165, 1.54) is 0 Å². The molecule has 0 unspecified atom stereocenters. The molecule has 0 N–H and O–H groups in total. The number of amides is 1. The lowest BCUT2D eigenvalue weighted by Crippen LogP contribution is -2.20. The van der Waals surface area contributed by atoms with Crippen LogP contribution in [-0.2, 0) is 11.3 Å². The third-order valence-electron chi connectivity index (χ3n) is 1.49. The Morgan fingerprint density at radius 2 is 2.55 bits per heavy atom. The van der Waals surface area contributed by atoms with Gasteiger partial charge in [0.2, 0.25) is 6.41 Å². The van der Waals surface area contributed by atoms with Crippen molar-refractivity contribution in [2.75, 3.05) is 6.54 Å². The third-order valence-corrected chi connectivity index (χ3v) is 1.49. The first kappa shape index (κ1) is 7.85. The van der Waals surface area contributed by atoms with Crippen molar-refractivity contribution in [3.05, 3.63) is 24.2 Å². The molecule has 0 bridgehead atoms. The molecule has 1 aromatic heterocycles. The van der Waals surface area contributed by atoms with Crippen LogP contribution in [0.5, 0.6) is 0 Å². The molecule has 3 nitrogen and oxygen atoms in total. The van der Waals surface area contributed by atoms with Crippen molar-refractivity contribution in [1.82, 2.24) is 4.90 Å². The highest BCUT2D eigenvalue weighted by Gasteiger charge is 2.00. The minimum absolute atomic E-state index is 0.562. The maximum absolute atomic E-state index is 10.3. The first-order valence-corrected chi connectivity index (χ1v) is 3.58. The van der Waals surface area contributed by atoms with E-state index in [4.69, 9.17) is 4.42 Å². The van der Waals surface area contributed by atoms with Gasteiger partial charge >= 0.3 is 0 Å². The Morgan fingerprint density at radius 3 is 3.00 bits per heavy atom. The molecule has 1 rings (SSSR count). The summed E-state index contributed by atoms with van der Waals surface area (Å²) >= 11 is 0. The lowest BCUT2D eigenvalue weighted by molar-refractivity contribution is -0.118. The lowest BCUT2D eigenvalue weighted by atomic mass is 10.4. The van der Waals surface area contributed by atoms with E-state index in [0.29, 0.717) is 13.1 Å². The van der Waals surface area contributed by atoms with Crippen molar-refractivity contribution < 1.29 is 9.21 Å². The minimum atomic E-state index is 0.562. The van der Waals surface area contributed by atoms with E-state index < -0.39 is 0 Å². The Kier molecular flexibility index (Phi) is 2.72. The number of hydrogen-bond donors (Lipinski definition) is 0. The molecule has 0 aliphatic carbocycles. The molecule has 3 heteroatoms. The summed E-state index contributed by atoms with van der Waals surface area (Å²) in [4.78, 5) is 12.0. The molecule has 11 heavy (non-hydrogen) atoms. The van der Waals surface area contributed by atoms with Crippen molar-refractivity contribution in [1.29, 1.82) is 0 Å². The van der Waals surface area contributed by atoms with Gasteiger partial charge in [0, 0.05) is 6.54 Å². The van der Waals surface area contributed by atoms with Gasteiger partial charge in [-0.3, -0.25) is 4.79 Å². The summed E-state index contributed by atoms with van der Waals surface area (Å²) in [6, 6.07) is 3.67. The molecule has 0 saturated heterocycles. The predicted molar refractivity (Wildman–Crippen MR) is 40.9 cm³/mol. The normalized spacial score (nSPS) is 9.55. The molecule has 0 aliphatic rings. The maximum Gasteiger partial charge on any atom is 0.210 e. The molecule has 60 valence electrons. The summed E-state index contributed by atoms with van der Waals surface area (Å²) in [6.07, 6.45) is 2.43. The van der Waals surface area contributed by atoms with E-state index in [1.54, 1.807) is 11.2 Å². The molecular formula is C8H11NO2. The highest BCUT2D eigenvalue weighted by atomic mass is 16.3. The highest BCUT2D eigenvalue weighted by Crippen LogP contribution is 2.02. The number of hydrogen-bond acceptors (Lipinski definition) is 2. The summed E-state index contributed by atoms with van der Waals surface area (Å²) in [5.74, 6) is 0.818. The lowest BCUT2D eigenvalue weighted by Gasteiger charge is -2.11. The van der Waals surface area contributed by atoms with Gasteiger partial charge in [0.25, 0.3) is 0 Å². The second-order valence-electron chi connectivity index (χ2n) is 2.25. The van der Waals surface area contributed by atoms with E-state index in [9.17, 15) is 4.79 Å². The average molecular weight is 153 g/mol. The van der Waals surface area contributed by atoms with Crippen LogP contribution in [0.25, 0.3) is 0 Å². The second kappa shape index (κ2) is 3.81. The first-order chi connectivity index (χ1) is 5.36. The van der Waals surface area contributed by atoms with Crippen molar-refractivity contribution >= 4 is 6.41 Å². The Bertz CT molecular complexity index is 206. The fraction of sp³-hybridized carbons (Fsp3) is 0.375. The summed E-state index contributed by atoms with van der Waals surface area (Å²) in [5, 5.41) is 0. The van der Waals surface area contributed by atoms with Crippen LogP contribution in [0.2, 0.25) is 0 Å². The zero-order valence-electron chi connectivity index (χ0n) is 6.49. The van der Waals surface area contributed by atoms with Gasteiger partial charge in [-0.25, -0.2) is 0 Å². The van der Waals surface area contributed by atoms with Crippen LogP contribution in [0.1, 0.15) is 12.7 Å². The topological polar surface area (TPSA) is 33.5 Å². The van der Waals surface area contributed by atoms with Crippen LogP contribution < -0.4 is 0 Å². The van der Waals surface area contributed by atoms with Crippen LogP contribution in [-0.4, -0.2) is 17.9 Å². The van der Waals surface area contributed by atoms with Crippen LogP contribution in [0, 0.1) is 0 Å². The van der Waals surface area contributed by atoms with E-state index in [1.807, 2.05) is 19.1 Å². The highest BCUT2D eigenvalue weighted by molar-refractivity contribution is 5.46.